The Morgan fingerprint density at radius 3 is 2.69 bits per heavy atom. The van der Waals surface area contributed by atoms with E-state index in [0.29, 0.717) is 0 Å². The Kier molecular flexibility index (Phi) is 1.68. The molecule has 1 atom stereocenters. The van der Waals surface area contributed by atoms with Crippen molar-refractivity contribution in [2.45, 2.75) is 26.9 Å². The number of hydrogen-bond donors (Lipinski definition) is 2. The lowest BCUT2D eigenvalue weighted by atomic mass is 9.93. The van der Waals surface area contributed by atoms with Gasteiger partial charge >= 0.3 is 0 Å². The number of anilines is 2. The van der Waals surface area contributed by atoms with Gasteiger partial charge in [-0.1, -0.05) is 20.8 Å². The summed E-state index contributed by atoms with van der Waals surface area (Å²) in [6, 6.07) is 3.99. The first-order chi connectivity index (χ1) is 6.07. The molecule has 2 rings (SSSR count). The van der Waals surface area contributed by atoms with Crippen LogP contribution in [0, 0.1) is 5.41 Å². The molecule has 0 fully saturated rings. The number of aromatic nitrogens is 1. The third-order valence-electron chi connectivity index (χ3n) is 2.25. The minimum absolute atomic E-state index is 0.195. The zero-order valence-corrected chi connectivity index (χ0v) is 8.26. The van der Waals surface area contributed by atoms with Crippen molar-refractivity contribution in [1.82, 2.24) is 4.98 Å². The van der Waals surface area contributed by atoms with Crippen molar-refractivity contribution in [1.29, 1.82) is 0 Å². The Bertz CT molecular complexity index is 289. The fraction of sp³-hybridized carbons (Fsp3) is 0.500. The maximum atomic E-state index is 4.25. The van der Waals surface area contributed by atoms with E-state index >= 15 is 0 Å². The van der Waals surface area contributed by atoms with Crippen LogP contribution < -0.4 is 10.6 Å². The molecule has 1 aliphatic rings. The number of nitrogens with one attached hydrogen (secondary N) is 2. The molecule has 1 aliphatic heterocycles. The van der Waals surface area contributed by atoms with E-state index in [1.54, 1.807) is 6.20 Å². The molecular weight excluding hydrogens is 162 g/mol. The summed E-state index contributed by atoms with van der Waals surface area (Å²) >= 11 is 0. The monoisotopic (exact) mass is 177 g/mol. The van der Waals surface area contributed by atoms with Crippen LogP contribution in [0.2, 0.25) is 0 Å². The van der Waals surface area contributed by atoms with Gasteiger partial charge in [0.05, 0.1) is 5.69 Å². The summed E-state index contributed by atoms with van der Waals surface area (Å²) in [6.45, 7) is 6.59. The highest BCUT2D eigenvalue weighted by Crippen LogP contribution is 2.33. The minimum Gasteiger partial charge on any atom is -0.362 e. The molecule has 1 aromatic rings. The first-order valence-electron chi connectivity index (χ1n) is 4.55. The molecule has 70 valence electrons. The van der Waals surface area contributed by atoms with Gasteiger partial charge in [0.15, 0.2) is 5.82 Å². The van der Waals surface area contributed by atoms with Gasteiger partial charge in [0.25, 0.3) is 0 Å². The molecule has 0 radical (unpaired) electrons. The van der Waals surface area contributed by atoms with Crippen molar-refractivity contribution in [3.63, 3.8) is 0 Å². The summed E-state index contributed by atoms with van der Waals surface area (Å²) < 4.78 is 0. The minimum atomic E-state index is 0.195. The average molecular weight is 177 g/mol. The second-order valence-electron chi connectivity index (χ2n) is 4.49. The predicted molar refractivity (Wildman–Crippen MR) is 54.7 cm³/mol. The van der Waals surface area contributed by atoms with Gasteiger partial charge in [0.2, 0.25) is 0 Å². The van der Waals surface area contributed by atoms with Gasteiger partial charge in [-0.05, 0) is 12.1 Å². The van der Waals surface area contributed by atoms with Crippen LogP contribution in [0.3, 0.4) is 0 Å². The summed E-state index contributed by atoms with van der Waals surface area (Å²) in [5, 5.41) is 6.75. The van der Waals surface area contributed by atoms with Crippen LogP contribution >= 0.6 is 0 Å². The van der Waals surface area contributed by atoms with Crippen LogP contribution in [-0.4, -0.2) is 11.1 Å². The second kappa shape index (κ2) is 2.62. The normalized spacial score (nSPS) is 20.4. The molecule has 2 heterocycles. The molecule has 0 saturated carbocycles. The maximum Gasteiger partial charge on any atom is 0.151 e. The Hall–Kier alpha value is -1.25. The first kappa shape index (κ1) is 8.35. The van der Waals surface area contributed by atoms with Crippen molar-refractivity contribution in [2.75, 3.05) is 10.6 Å². The molecule has 0 spiro atoms. The van der Waals surface area contributed by atoms with E-state index in [1.807, 2.05) is 12.1 Å². The van der Waals surface area contributed by atoms with E-state index in [9.17, 15) is 0 Å². The van der Waals surface area contributed by atoms with Gasteiger partial charge < -0.3 is 10.6 Å². The molecular formula is C10H15N3. The van der Waals surface area contributed by atoms with E-state index in [1.165, 1.54) is 0 Å². The fourth-order valence-corrected chi connectivity index (χ4v) is 1.40. The number of hydrogen-bond acceptors (Lipinski definition) is 3. The van der Waals surface area contributed by atoms with Crippen LogP contribution in [0.1, 0.15) is 20.8 Å². The Morgan fingerprint density at radius 2 is 2.08 bits per heavy atom. The highest BCUT2D eigenvalue weighted by atomic mass is 15.2. The molecule has 0 amide bonds. The highest BCUT2D eigenvalue weighted by molar-refractivity contribution is 5.70. The van der Waals surface area contributed by atoms with Crippen molar-refractivity contribution in [3.8, 4) is 0 Å². The zero-order chi connectivity index (χ0) is 9.47. The summed E-state index contributed by atoms with van der Waals surface area (Å²) in [5.41, 5.74) is 1.29. The topological polar surface area (TPSA) is 37.0 Å². The molecule has 1 aromatic heterocycles. The largest absolute Gasteiger partial charge is 0.362 e. The third-order valence-corrected chi connectivity index (χ3v) is 2.25. The van der Waals surface area contributed by atoms with Crippen molar-refractivity contribution < 1.29 is 0 Å². The molecule has 1 unspecified atom stereocenters. The molecule has 0 bridgehead atoms. The number of nitrogens with zero attached hydrogens (tertiary/aromatic N) is 1. The SMILES string of the molecule is CC(C)(C)C1Nc2cccnc2N1. The molecule has 3 heteroatoms. The first-order valence-corrected chi connectivity index (χ1v) is 4.55. The third kappa shape index (κ3) is 1.46. The summed E-state index contributed by atoms with van der Waals surface area (Å²) in [7, 11) is 0. The van der Waals surface area contributed by atoms with Gasteiger partial charge in [0.1, 0.15) is 6.17 Å². The number of rotatable bonds is 0. The summed E-state index contributed by atoms with van der Waals surface area (Å²) in [6.07, 6.45) is 2.08. The van der Waals surface area contributed by atoms with E-state index in [2.05, 4.69) is 36.4 Å². The smallest absolute Gasteiger partial charge is 0.151 e. The molecule has 2 N–H and O–H groups in total. The molecule has 0 aromatic carbocycles. The standard InChI is InChI=1S/C10H15N3/c1-10(2,3)9-12-7-5-4-6-11-8(7)13-9/h4-6,9,12H,1-3H3,(H,11,13). The molecule has 0 aliphatic carbocycles. The van der Waals surface area contributed by atoms with Crippen molar-refractivity contribution >= 4 is 11.5 Å². The highest BCUT2D eigenvalue weighted by Gasteiger charge is 2.30. The lowest BCUT2D eigenvalue weighted by molar-refractivity contribution is 0.372. The molecule has 13 heavy (non-hydrogen) atoms. The lowest BCUT2D eigenvalue weighted by Gasteiger charge is -2.27. The van der Waals surface area contributed by atoms with Crippen LogP contribution in [-0.2, 0) is 0 Å². The average Bonchev–Trinajstić information content (AvgIpc) is 2.45. The predicted octanol–water partition coefficient (Wildman–Crippen LogP) is 2.29. The fourth-order valence-electron chi connectivity index (χ4n) is 1.40. The number of fused-ring (bicyclic) bond motifs is 1. The lowest BCUT2D eigenvalue weighted by Crippen LogP contribution is -2.36. The number of pyridine rings is 1. The van der Waals surface area contributed by atoms with Crippen LogP contribution in [0.15, 0.2) is 18.3 Å². The van der Waals surface area contributed by atoms with Gasteiger partial charge in [-0.15, -0.1) is 0 Å². The van der Waals surface area contributed by atoms with Crippen LogP contribution in [0.25, 0.3) is 0 Å². The van der Waals surface area contributed by atoms with Crippen molar-refractivity contribution in [2.24, 2.45) is 5.41 Å². The van der Waals surface area contributed by atoms with E-state index in [-0.39, 0.29) is 11.6 Å². The van der Waals surface area contributed by atoms with E-state index < -0.39 is 0 Å². The molecule has 0 saturated heterocycles. The Morgan fingerprint density at radius 1 is 1.31 bits per heavy atom. The zero-order valence-electron chi connectivity index (χ0n) is 8.26. The molecule has 3 nitrogen and oxygen atoms in total. The maximum absolute atomic E-state index is 4.25. The van der Waals surface area contributed by atoms with Crippen molar-refractivity contribution in [3.05, 3.63) is 18.3 Å². The summed E-state index contributed by atoms with van der Waals surface area (Å²) in [4.78, 5) is 4.25. The Labute approximate surface area is 78.6 Å². The van der Waals surface area contributed by atoms with Crippen LogP contribution in [0.5, 0.6) is 0 Å². The van der Waals surface area contributed by atoms with Gasteiger partial charge in [-0.25, -0.2) is 4.98 Å². The van der Waals surface area contributed by atoms with Crippen LogP contribution in [0.4, 0.5) is 11.5 Å². The second-order valence-corrected chi connectivity index (χ2v) is 4.49. The Balaban J connectivity index is 2.23. The van der Waals surface area contributed by atoms with Gasteiger partial charge in [-0.3, -0.25) is 0 Å². The van der Waals surface area contributed by atoms with Gasteiger partial charge in [-0.2, -0.15) is 0 Å². The quantitative estimate of drug-likeness (QED) is 0.638. The van der Waals surface area contributed by atoms with Gasteiger partial charge in [0, 0.05) is 11.6 Å². The van der Waals surface area contributed by atoms with E-state index in [4.69, 9.17) is 0 Å². The summed E-state index contributed by atoms with van der Waals surface area (Å²) in [5.74, 6) is 0.961. The van der Waals surface area contributed by atoms with E-state index in [0.717, 1.165) is 11.5 Å².